The summed E-state index contributed by atoms with van der Waals surface area (Å²) in [6.45, 7) is 0. The number of carbonyl (C=O) groups excluding carboxylic acids is 3. The van der Waals surface area contributed by atoms with Gasteiger partial charge in [0, 0.05) is 17.9 Å². The summed E-state index contributed by atoms with van der Waals surface area (Å²) in [7, 11) is 1.31. The van der Waals surface area contributed by atoms with Gasteiger partial charge in [0.15, 0.2) is 0 Å². The number of amides is 2. The third-order valence-corrected chi connectivity index (χ3v) is 4.98. The molecule has 2 saturated carbocycles. The van der Waals surface area contributed by atoms with Gasteiger partial charge in [0.1, 0.15) is 0 Å². The number of hydrogen-bond donors (Lipinski definition) is 2. The van der Waals surface area contributed by atoms with Crippen LogP contribution in [0.4, 0.5) is 5.69 Å². The van der Waals surface area contributed by atoms with Gasteiger partial charge in [-0.15, -0.1) is 0 Å². The molecule has 2 aliphatic carbocycles. The van der Waals surface area contributed by atoms with Gasteiger partial charge in [-0.2, -0.15) is 0 Å². The van der Waals surface area contributed by atoms with Gasteiger partial charge >= 0.3 is 5.97 Å². The Bertz CT molecular complexity index is 661. The first-order valence-corrected chi connectivity index (χ1v) is 8.87. The molecule has 6 heteroatoms. The zero-order valence-corrected chi connectivity index (χ0v) is 14.4. The maximum absolute atomic E-state index is 12.5. The molecule has 1 aromatic rings. The monoisotopic (exact) mass is 344 g/mol. The topological polar surface area (TPSA) is 84.5 Å². The second-order valence-electron chi connectivity index (χ2n) is 6.86. The van der Waals surface area contributed by atoms with Crippen LogP contribution in [0, 0.1) is 11.8 Å². The fourth-order valence-corrected chi connectivity index (χ4v) is 3.28. The Morgan fingerprint density at radius 3 is 2.12 bits per heavy atom. The van der Waals surface area contributed by atoms with Crippen molar-refractivity contribution in [1.82, 2.24) is 5.32 Å². The number of ether oxygens (including phenoxy) is 1. The third-order valence-electron chi connectivity index (χ3n) is 4.98. The fraction of sp³-hybridized carbons (Fsp3) is 0.526. The van der Waals surface area contributed by atoms with Crippen LogP contribution in [0.1, 0.15) is 48.9 Å². The number of anilines is 1. The number of para-hydroxylation sites is 1. The van der Waals surface area contributed by atoms with Crippen LogP contribution in [-0.4, -0.2) is 30.9 Å². The molecule has 134 valence electrons. The van der Waals surface area contributed by atoms with Crippen LogP contribution in [-0.2, 0) is 14.3 Å². The van der Waals surface area contributed by atoms with Crippen molar-refractivity contribution in [1.29, 1.82) is 0 Å². The zero-order valence-electron chi connectivity index (χ0n) is 14.4. The van der Waals surface area contributed by atoms with Gasteiger partial charge in [0.2, 0.25) is 11.8 Å². The van der Waals surface area contributed by atoms with Crippen LogP contribution in [0.15, 0.2) is 24.3 Å². The van der Waals surface area contributed by atoms with Crippen molar-refractivity contribution in [2.75, 3.05) is 12.4 Å². The predicted molar refractivity (Wildman–Crippen MR) is 93.0 cm³/mol. The van der Waals surface area contributed by atoms with Gasteiger partial charge in [-0.25, -0.2) is 4.79 Å². The minimum atomic E-state index is -0.476. The number of rotatable bonds is 5. The van der Waals surface area contributed by atoms with E-state index in [9.17, 15) is 14.4 Å². The van der Waals surface area contributed by atoms with Crippen molar-refractivity contribution in [2.24, 2.45) is 11.8 Å². The average molecular weight is 344 g/mol. The van der Waals surface area contributed by atoms with Gasteiger partial charge < -0.3 is 15.4 Å². The fourth-order valence-electron chi connectivity index (χ4n) is 3.28. The molecule has 2 fully saturated rings. The van der Waals surface area contributed by atoms with Crippen LogP contribution < -0.4 is 10.6 Å². The van der Waals surface area contributed by atoms with Gasteiger partial charge in [-0.05, 0) is 50.7 Å². The average Bonchev–Trinajstić information content (AvgIpc) is 3.45. The summed E-state index contributed by atoms with van der Waals surface area (Å²) in [6, 6.07) is 7.19. The molecule has 2 amide bonds. The SMILES string of the molecule is COC(=O)c1ccccc1NC(=O)C1CCC(C(=O)NC2CC2)CC1. The highest BCUT2D eigenvalue weighted by atomic mass is 16.5. The summed E-state index contributed by atoms with van der Waals surface area (Å²) in [6.07, 6.45) is 5.01. The lowest BCUT2D eigenvalue weighted by Crippen LogP contribution is -2.36. The summed E-state index contributed by atoms with van der Waals surface area (Å²) in [5.74, 6) is -0.547. The molecule has 0 aliphatic heterocycles. The van der Waals surface area contributed by atoms with Gasteiger partial charge in [0.25, 0.3) is 0 Å². The Morgan fingerprint density at radius 2 is 1.52 bits per heavy atom. The Hall–Kier alpha value is -2.37. The Kier molecular flexibility index (Phi) is 5.36. The molecule has 6 nitrogen and oxygen atoms in total. The van der Waals surface area contributed by atoms with E-state index in [1.54, 1.807) is 24.3 Å². The van der Waals surface area contributed by atoms with E-state index in [-0.39, 0.29) is 23.7 Å². The molecule has 0 bridgehead atoms. The number of esters is 1. The molecular formula is C19H24N2O4. The van der Waals surface area contributed by atoms with E-state index in [0.29, 0.717) is 30.1 Å². The number of hydrogen-bond acceptors (Lipinski definition) is 4. The lowest BCUT2D eigenvalue weighted by Gasteiger charge is -2.27. The van der Waals surface area contributed by atoms with Crippen LogP contribution in [0.25, 0.3) is 0 Å². The van der Waals surface area contributed by atoms with E-state index in [1.165, 1.54) is 7.11 Å². The number of carbonyl (C=O) groups is 3. The molecule has 2 N–H and O–H groups in total. The van der Waals surface area contributed by atoms with Crippen molar-refractivity contribution in [2.45, 2.75) is 44.6 Å². The lowest BCUT2D eigenvalue weighted by molar-refractivity contribution is -0.128. The second kappa shape index (κ2) is 7.68. The predicted octanol–water partition coefficient (Wildman–Crippen LogP) is 2.50. The van der Waals surface area contributed by atoms with Crippen molar-refractivity contribution in [3.05, 3.63) is 29.8 Å². The molecule has 2 aliphatic rings. The minimum absolute atomic E-state index is 0.0204. The zero-order chi connectivity index (χ0) is 17.8. The summed E-state index contributed by atoms with van der Waals surface area (Å²) < 4.78 is 4.75. The van der Waals surface area contributed by atoms with Crippen LogP contribution >= 0.6 is 0 Å². The van der Waals surface area contributed by atoms with E-state index in [1.807, 2.05) is 0 Å². The number of nitrogens with one attached hydrogen (secondary N) is 2. The van der Waals surface area contributed by atoms with E-state index >= 15 is 0 Å². The Balaban J connectivity index is 1.54. The molecule has 0 saturated heterocycles. The van der Waals surface area contributed by atoms with E-state index in [4.69, 9.17) is 4.74 Å². The summed E-state index contributed by atoms with van der Waals surface area (Å²) in [4.78, 5) is 36.4. The third kappa shape index (κ3) is 4.38. The summed E-state index contributed by atoms with van der Waals surface area (Å²) in [5, 5.41) is 5.88. The Labute approximate surface area is 147 Å². The highest BCUT2D eigenvalue weighted by Gasteiger charge is 2.32. The molecule has 25 heavy (non-hydrogen) atoms. The maximum Gasteiger partial charge on any atom is 0.339 e. The molecule has 0 heterocycles. The van der Waals surface area contributed by atoms with E-state index in [2.05, 4.69) is 10.6 Å². The molecular weight excluding hydrogens is 320 g/mol. The van der Waals surface area contributed by atoms with Gasteiger partial charge in [-0.3, -0.25) is 9.59 Å². The summed E-state index contributed by atoms with van der Waals surface area (Å²) >= 11 is 0. The number of methoxy groups -OCH3 is 1. The molecule has 0 aromatic heterocycles. The van der Waals surface area contributed by atoms with Gasteiger partial charge in [0.05, 0.1) is 18.4 Å². The lowest BCUT2D eigenvalue weighted by atomic mass is 9.81. The molecule has 0 unspecified atom stereocenters. The van der Waals surface area contributed by atoms with Crippen LogP contribution in [0.5, 0.6) is 0 Å². The van der Waals surface area contributed by atoms with Crippen molar-refractivity contribution < 1.29 is 19.1 Å². The largest absolute Gasteiger partial charge is 0.465 e. The quantitative estimate of drug-likeness (QED) is 0.804. The number of benzene rings is 1. The highest BCUT2D eigenvalue weighted by molar-refractivity contribution is 6.01. The van der Waals surface area contributed by atoms with Crippen molar-refractivity contribution in [3.63, 3.8) is 0 Å². The van der Waals surface area contributed by atoms with Crippen LogP contribution in [0.3, 0.4) is 0 Å². The normalized spacial score (nSPS) is 22.8. The molecule has 1 aromatic carbocycles. The first-order chi connectivity index (χ1) is 12.1. The molecule has 0 atom stereocenters. The smallest absolute Gasteiger partial charge is 0.339 e. The van der Waals surface area contributed by atoms with Crippen LogP contribution in [0.2, 0.25) is 0 Å². The molecule has 0 radical (unpaired) electrons. The van der Waals surface area contributed by atoms with E-state index < -0.39 is 5.97 Å². The first kappa shape index (κ1) is 17.5. The van der Waals surface area contributed by atoms with Crippen molar-refractivity contribution in [3.8, 4) is 0 Å². The van der Waals surface area contributed by atoms with Gasteiger partial charge in [-0.1, -0.05) is 12.1 Å². The minimum Gasteiger partial charge on any atom is -0.465 e. The maximum atomic E-state index is 12.5. The highest BCUT2D eigenvalue weighted by Crippen LogP contribution is 2.31. The first-order valence-electron chi connectivity index (χ1n) is 8.87. The summed E-state index contributed by atoms with van der Waals surface area (Å²) in [5.41, 5.74) is 0.809. The molecule has 3 rings (SSSR count). The Morgan fingerprint density at radius 1 is 0.920 bits per heavy atom. The van der Waals surface area contributed by atoms with Crippen molar-refractivity contribution >= 4 is 23.5 Å². The second-order valence-corrected chi connectivity index (χ2v) is 6.86. The van der Waals surface area contributed by atoms with E-state index in [0.717, 1.165) is 25.7 Å². The molecule has 0 spiro atoms. The standard InChI is InChI=1S/C19H24N2O4/c1-25-19(24)15-4-2-3-5-16(15)21-18(23)13-8-6-12(7-9-13)17(22)20-14-10-11-14/h2-5,12-14H,6-11H2,1H3,(H,20,22)(H,21,23).